The third kappa shape index (κ3) is 4.02. The number of fused-ring (bicyclic) bond motifs is 1. The normalized spacial score (nSPS) is 16.7. The SMILES string of the molecule is Cc1ccc(-c2noc(C(C)N3CCN(c4nn5cc(C(C)(C)C)nc5s4)CC3)n2)cc1. The van der Waals surface area contributed by atoms with Gasteiger partial charge in [0.05, 0.1) is 17.9 Å². The van der Waals surface area contributed by atoms with E-state index in [4.69, 9.17) is 14.6 Å². The van der Waals surface area contributed by atoms with Gasteiger partial charge in [0, 0.05) is 37.2 Å². The van der Waals surface area contributed by atoms with E-state index >= 15 is 0 Å². The number of benzene rings is 1. The molecule has 1 atom stereocenters. The first-order valence-electron chi connectivity index (χ1n) is 11.0. The fraction of sp³-hybridized carbons (Fsp3) is 0.478. The zero-order chi connectivity index (χ0) is 22.5. The summed E-state index contributed by atoms with van der Waals surface area (Å²) in [5.74, 6) is 1.31. The third-order valence-electron chi connectivity index (χ3n) is 6.04. The Morgan fingerprint density at radius 3 is 2.41 bits per heavy atom. The smallest absolute Gasteiger partial charge is 0.244 e. The molecule has 1 aliphatic heterocycles. The highest BCUT2D eigenvalue weighted by molar-refractivity contribution is 7.20. The van der Waals surface area contributed by atoms with Crippen molar-refractivity contribution in [1.29, 1.82) is 0 Å². The van der Waals surface area contributed by atoms with Crippen molar-refractivity contribution in [2.75, 3.05) is 31.1 Å². The highest BCUT2D eigenvalue weighted by Crippen LogP contribution is 2.29. The maximum absolute atomic E-state index is 5.61. The number of hydrogen-bond donors (Lipinski definition) is 0. The van der Waals surface area contributed by atoms with Crippen molar-refractivity contribution in [2.45, 2.75) is 46.1 Å². The summed E-state index contributed by atoms with van der Waals surface area (Å²) in [5, 5.41) is 10.0. The molecule has 0 radical (unpaired) electrons. The molecule has 1 aliphatic rings. The summed E-state index contributed by atoms with van der Waals surface area (Å²) >= 11 is 1.66. The van der Waals surface area contributed by atoms with Gasteiger partial charge in [0.1, 0.15) is 0 Å². The molecule has 8 nitrogen and oxygen atoms in total. The molecule has 0 N–H and O–H groups in total. The van der Waals surface area contributed by atoms with Crippen LogP contribution in [0.4, 0.5) is 5.13 Å². The van der Waals surface area contributed by atoms with E-state index in [9.17, 15) is 0 Å². The number of piperazine rings is 1. The van der Waals surface area contributed by atoms with Crippen molar-refractivity contribution in [3.63, 3.8) is 0 Å². The van der Waals surface area contributed by atoms with Crippen molar-refractivity contribution in [2.24, 2.45) is 0 Å². The highest BCUT2D eigenvalue weighted by atomic mass is 32.1. The summed E-state index contributed by atoms with van der Waals surface area (Å²) in [5.41, 5.74) is 3.30. The van der Waals surface area contributed by atoms with Gasteiger partial charge >= 0.3 is 0 Å². The lowest BCUT2D eigenvalue weighted by Crippen LogP contribution is -2.47. The lowest BCUT2D eigenvalue weighted by Gasteiger charge is -2.36. The lowest BCUT2D eigenvalue weighted by atomic mass is 9.93. The van der Waals surface area contributed by atoms with Gasteiger partial charge in [0.15, 0.2) is 0 Å². The van der Waals surface area contributed by atoms with Crippen LogP contribution in [0, 0.1) is 6.92 Å². The number of imidazole rings is 1. The minimum atomic E-state index is 0.0312. The summed E-state index contributed by atoms with van der Waals surface area (Å²) in [6.07, 6.45) is 2.05. The third-order valence-corrected chi connectivity index (χ3v) is 7.03. The van der Waals surface area contributed by atoms with Crippen LogP contribution < -0.4 is 4.90 Å². The Kier molecular flexibility index (Phi) is 5.25. The first-order chi connectivity index (χ1) is 15.3. The summed E-state index contributed by atoms with van der Waals surface area (Å²) in [7, 11) is 0. The molecule has 4 heterocycles. The van der Waals surface area contributed by atoms with E-state index in [1.54, 1.807) is 11.3 Å². The van der Waals surface area contributed by atoms with E-state index < -0.39 is 0 Å². The van der Waals surface area contributed by atoms with E-state index in [0.717, 1.165) is 47.5 Å². The highest BCUT2D eigenvalue weighted by Gasteiger charge is 2.28. The monoisotopic (exact) mass is 451 g/mol. The van der Waals surface area contributed by atoms with Gasteiger partial charge in [-0.05, 0) is 13.8 Å². The van der Waals surface area contributed by atoms with E-state index in [1.165, 1.54) is 5.56 Å². The second kappa shape index (κ2) is 7.97. The zero-order valence-electron chi connectivity index (χ0n) is 19.2. The molecule has 1 fully saturated rings. The molecule has 0 spiro atoms. The fourth-order valence-electron chi connectivity index (χ4n) is 3.86. The van der Waals surface area contributed by atoms with Gasteiger partial charge < -0.3 is 9.42 Å². The van der Waals surface area contributed by atoms with Crippen LogP contribution in [0.1, 0.15) is 50.9 Å². The van der Waals surface area contributed by atoms with Crippen LogP contribution in [0.25, 0.3) is 16.3 Å². The second-order valence-electron chi connectivity index (χ2n) is 9.51. The molecule has 0 aliphatic carbocycles. The molecule has 4 aromatic rings. The van der Waals surface area contributed by atoms with Crippen LogP contribution >= 0.6 is 11.3 Å². The van der Waals surface area contributed by atoms with Crippen LogP contribution in [-0.2, 0) is 5.41 Å². The molecule has 168 valence electrons. The summed E-state index contributed by atoms with van der Waals surface area (Å²) in [6, 6.07) is 8.26. The predicted octanol–water partition coefficient (Wildman–Crippen LogP) is 4.33. The Hall–Kier alpha value is -2.78. The Morgan fingerprint density at radius 1 is 1.03 bits per heavy atom. The van der Waals surface area contributed by atoms with Gasteiger partial charge in [-0.1, -0.05) is 67.1 Å². The lowest BCUT2D eigenvalue weighted by molar-refractivity contribution is 0.164. The Bertz CT molecular complexity index is 1180. The molecule has 0 amide bonds. The van der Waals surface area contributed by atoms with Crippen LogP contribution in [0.5, 0.6) is 0 Å². The minimum absolute atomic E-state index is 0.0312. The van der Waals surface area contributed by atoms with Crippen LogP contribution in [0.2, 0.25) is 0 Å². The molecule has 1 aromatic carbocycles. The van der Waals surface area contributed by atoms with Crippen molar-refractivity contribution < 1.29 is 4.52 Å². The quantitative estimate of drug-likeness (QED) is 0.457. The maximum Gasteiger partial charge on any atom is 0.244 e. The van der Waals surface area contributed by atoms with Crippen LogP contribution in [-0.4, -0.2) is 55.8 Å². The van der Waals surface area contributed by atoms with Crippen LogP contribution in [0.15, 0.2) is 35.0 Å². The number of hydrogen-bond acceptors (Lipinski definition) is 8. The van der Waals surface area contributed by atoms with Crippen molar-refractivity contribution in [3.8, 4) is 11.4 Å². The summed E-state index contributed by atoms with van der Waals surface area (Å²) in [6.45, 7) is 14.4. The van der Waals surface area contributed by atoms with E-state index in [0.29, 0.717) is 11.7 Å². The number of aryl methyl sites for hydroxylation is 1. The molecule has 0 saturated carbocycles. The average Bonchev–Trinajstić information content (AvgIpc) is 3.48. The van der Waals surface area contributed by atoms with Crippen LogP contribution in [0.3, 0.4) is 0 Å². The summed E-state index contributed by atoms with van der Waals surface area (Å²) in [4.78, 5) is 15.1. The number of nitrogens with zero attached hydrogens (tertiary/aromatic N) is 7. The van der Waals surface area contributed by atoms with Crippen molar-refractivity contribution in [3.05, 3.63) is 47.6 Å². The van der Waals surface area contributed by atoms with Gasteiger partial charge in [-0.25, -0.2) is 9.50 Å². The molecular formula is C23H29N7OS. The maximum atomic E-state index is 5.61. The molecule has 1 saturated heterocycles. The van der Waals surface area contributed by atoms with Gasteiger partial charge in [-0.2, -0.15) is 4.98 Å². The Labute approximate surface area is 191 Å². The number of anilines is 1. The number of rotatable bonds is 4. The van der Waals surface area contributed by atoms with E-state index in [-0.39, 0.29) is 11.5 Å². The number of aromatic nitrogens is 5. The molecule has 1 unspecified atom stereocenters. The van der Waals surface area contributed by atoms with Gasteiger partial charge in [0.25, 0.3) is 0 Å². The molecule has 32 heavy (non-hydrogen) atoms. The topological polar surface area (TPSA) is 75.6 Å². The summed E-state index contributed by atoms with van der Waals surface area (Å²) < 4.78 is 7.52. The first-order valence-corrected chi connectivity index (χ1v) is 11.9. The first kappa shape index (κ1) is 21.1. The second-order valence-corrected chi connectivity index (χ2v) is 10.4. The van der Waals surface area contributed by atoms with E-state index in [2.05, 4.69) is 72.9 Å². The van der Waals surface area contributed by atoms with Gasteiger partial charge in [0.2, 0.25) is 21.8 Å². The Morgan fingerprint density at radius 2 is 1.75 bits per heavy atom. The zero-order valence-corrected chi connectivity index (χ0v) is 20.1. The van der Waals surface area contributed by atoms with Crippen molar-refractivity contribution >= 4 is 21.4 Å². The molecule has 3 aromatic heterocycles. The molecule has 0 bridgehead atoms. The molecule has 5 rings (SSSR count). The largest absolute Gasteiger partial charge is 0.344 e. The molecular weight excluding hydrogens is 422 g/mol. The standard InChI is InChI=1S/C23H29N7OS/c1-15-6-8-17(9-7-15)19-25-20(31-27-19)16(2)28-10-12-29(13-11-28)22-26-30-14-18(23(3,4)5)24-21(30)32-22/h6-9,14,16H,10-13H2,1-5H3. The van der Waals surface area contributed by atoms with Gasteiger partial charge in [-0.15, -0.1) is 5.10 Å². The Balaban J connectivity index is 1.23. The van der Waals surface area contributed by atoms with Gasteiger partial charge in [-0.3, -0.25) is 4.90 Å². The fourth-order valence-corrected chi connectivity index (χ4v) is 4.80. The van der Waals surface area contributed by atoms with E-state index in [1.807, 2.05) is 16.6 Å². The minimum Gasteiger partial charge on any atom is -0.344 e. The average molecular weight is 452 g/mol. The predicted molar refractivity (Wildman–Crippen MR) is 126 cm³/mol. The molecule has 9 heteroatoms. The van der Waals surface area contributed by atoms with Crippen molar-refractivity contribution in [1.82, 2.24) is 29.6 Å².